The lowest BCUT2D eigenvalue weighted by molar-refractivity contribution is -0.384. The molecule has 1 aromatic heterocycles. The summed E-state index contributed by atoms with van der Waals surface area (Å²) in [6, 6.07) is 7.07. The number of rotatable bonds is 3. The lowest BCUT2D eigenvalue weighted by Crippen LogP contribution is -2.10. The molecule has 22 heavy (non-hydrogen) atoms. The van der Waals surface area contributed by atoms with E-state index in [4.69, 9.17) is 11.0 Å². The van der Waals surface area contributed by atoms with E-state index in [0.717, 1.165) is 6.26 Å². The number of nitrogens with two attached hydrogens (primary N) is 1. The summed E-state index contributed by atoms with van der Waals surface area (Å²) in [4.78, 5) is 17.6. The van der Waals surface area contributed by atoms with Gasteiger partial charge >= 0.3 is 0 Å². The number of benzene rings is 1. The zero-order valence-corrected chi connectivity index (χ0v) is 12.0. The van der Waals surface area contributed by atoms with Gasteiger partial charge in [0.15, 0.2) is 0 Å². The quantitative estimate of drug-likeness (QED) is 0.497. The number of hydrogen-bond donors (Lipinski definition) is 1. The second kappa shape index (κ2) is 5.38. The highest BCUT2D eigenvalue weighted by Gasteiger charge is 2.20. The Kier molecular flexibility index (Phi) is 3.75. The molecule has 10 heteroatoms. The molecule has 0 fully saturated rings. The number of nitriles is 1. The van der Waals surface area contributed by atoms with Crippen LogP contribution >= 0.6 is 0 Å². The number of anilines is 1. The van der Waals surface area contributed by atoms with Crippen LogP contribution in [0.4, 0.5) is 11.5 Å². The van der Waals surface area contributed by atoms with Crippen LogP contribution in [0.2, 0.25) is 0 Å². The van der Waals surface area contributed by atoms with Crippen molar-refractivity contribution in [3.63, 3.8) is 0 Å². The molecule has 0 unspecified atom stereocenters. The Labute approximate surface area is 125 Å². The highest BCUT2D eigenvalue weighted by Crippen LogP contribution is 2.28. The average molecular weight is 319 g/mol. The fraction of sp³-hybridized carbons (Fsp3) is 0.0833. The van der Waals surface area contributed by atoms with Crippen LogP contribution in [-0.4, -0.2) is 29.6 Å². The van der Waals surface area contributed by atoms with Crippen LogP contribution < -0.4 is 5.73 Å². The van der Waals surface area contributed by atoms with Gasteiger partial charge in [0.1, 0.15) is 17.5 Å². The molecule has 2 aromatic rings. The van der Waals surface area contributed by atoms with Crippen molar-refractivity contribution in [2.24, 2.45) is 0 Å². The largest absolute Gasteiger partial charge is 0.382 e. The van der Waals surface area contributed by atoms with Gasteiger partial charge < -0.3 is 5.73 Å². The van der Waals surface area contributed by atoms with Gasteiger partial charge in [-0.2, -0.15) is 10.2 Å². The van der Waals surface area contributed by atoms with Gasteiger partial charge in [0.25, 0.3) is 5.69 Å². The summed E-state index contributed by atoms with van der Waals surface area (Å²) in [6.07, 6.45) is 0.894. The molecule has 2 N–H and O–H groups in total. The summed E-state index contributed by atoms with van der Waals surface area (Å²) >= 11 is 0. The fourth-order valence-electron chi connectivity index (χ4n) is 1.71. The molecule has 0 amide bonds. The SMILES string of the molecule is CS(=O)(=O)c1nc(N)c(C#N)c(-c2cccc([N+](=O)[O-])c2)n1. The Hall–Kier alpha value is -3.06. The van der Waals surface area contributed by atoms with Crippen molar-refractivity contribution >= 4 is 21.3 Å². The van der Waals surface area contributed by atoms with E-state index in [2.05, 4.69) is 9.97 Å². The second-order valence-corrected chi connectivity index (χ2v) is 6.22. The van der Waals surface area contributed by atoms with E-state index in [0.29, 0.717) is 0 Å². The Morgan fingerprint density at radius 3 is 2.59 bits per heavy atom. The van der Waals surface area contributed by atoms with Gasteiger partial charge in [0, 0.05) is 24.0 Å². The molecule has 0 saturated carbocycles. The number of sulfone groups is 1. The van der Waals surface area contributed by atoms with Crippen LogP contribution in [0.5, 0.6) is 0 Å². The number of nitrogens with zero attached hydrogens (tertiary/aromatic N) is 4. The Bertz CT molecular complexity index is 918. The summed E-state index contributed by atoms with van der Waals surface area (Å²) in [5, 5.41) is 19.4. The van der Waals surface area contributed by atoms with Gasteiger partial charge in [-0.15, -0.1) is 0 Å². The zero-order valence-electron chi connectivity index (χ0n) is 11.2. The second-order valence-electron chi connectivity index (χ2n) is 4.31. The van der Waals surface area contributed by atoms with E-state index in [-0.39, 0.29) is 28.3 Å². The van der Waals surface area contributed by atoms with Crippen molar-refractivity contribution in [2.45, 2.75) is 5.16 Å². The van der Waals surface area contributed by atoms with Gasteiger partial charge in [-0.05, 0) is 0 Å². The monoisotopic (exact) mass is 319 g/mol. The molecule has 9 nitrogen and oxygen atoms in total. The topological polar surface area (TPSA) is 153 Å². The van der Waals surface area contributed by atoms with Gasteiger partial charge in [-0.25, -0.2) is 13.4 Å². The van der Waals surface area contributed by atoms with Gasteiger partial charge in [0.2, 0.25) is 15.0 Å². The van der Waals surface area contributed by atoms with Crippen molar-refractivity contribution in [2.75, 3.05) is 12.0 Å². The molecule has 0 spiro atoms. The third kappa shape index (κ3) is 2.84. The molecule has 0 atom stereocenters. The molecule has 1 aromatic carbocycles. The highest BCUT2D eigenvalue weighted by molar-refractivity contribution is 7.90. The summed E-state index contributed by atoms with van der Waals surface area (Å²) in [5.74, 6) is -0.306. The first-order valence-electron chi connectivity index (χ1n) is 5.76. The maximum atomic E-state index is 11.6. The summed E-state index contributed by atoms with van der Waals surface area (Å²) in [5.41, 5.74) is 5.35. The fourth-order valence-corrected chi connectivity index (χ4v) is 2.23. The number of hydrogen-bond acceptors (Lipinski definition) is 8. The molecular formula is C12H9N5O4S. The third-order valence-electron chi connectivity index (χ3n) is 2.69. The zero-order chi connectivity index (χ0) is 16.5. The molecular weight excluding hydrogens is 310 g/mol. The van der Waals surface area contributed by atoms with Crippen LogP contribution in [0.1, 0.15) is 5.56 Å². The average Bonchev–Trinajstić information content (AvgIpc) is 2.45. The summed E-state index contributed by atoms with van der Waals surface area (Å²) in [7, 11) is -3.75. The molecule has 0 bridgehead atoms. The van der Waals surface area contributed by atoms with Crippen LogP contribution in [0.25, 0.3) is 11.3 Å². The van der Waals surface area contributed by atoms with Crippen molar-refractivity contribution in [1.82, 2.24) is 9.97 Å². The first kappa shape index (κ1) is 15.3. The van der Waals surface area contributed by atoms with Crippen LogP contribution in [0.15, 0.2) is 29.4 Å². The van der Waals surface area contributed by atoms with Gasteiger partial charge in [-0.1, -0.05) is 12.1 Å². The Balaban J connectivity index is 2.79. The van der Waals surface area contributed by atoms with Crippen molar-refractivity contribution < 1.29 is 13.3 Å². The van der Waals surface area contributed by atoms with E-state index in [1.807, 2.05) is 0 Å². The predicted molar refractivity (Wildman–Crippen MR) is 76.4 cm³/mol. The first-order chi connectivity index (χ1) is 10.2. The standard InChI is InChI=1S/C12H9N5O4S/c1-22(20,21)12-15-10(9(6-13)11(14)16-12)7-3-2-4-8(5-7)17(18)19/h2-5H,1H3,(H2,14,15,16). The number of non-ortho nitro benzene ring substituents is 1. The third-order valence-corrected chi connectivity index (χ3v) is 3.54. The molecule has 0 aliphatic rings. The molecule has 1 heterocycles. The van der Waals surface area contributed by atoms with E-state index in [1.165, 1.54) is 24.3 Å². The van der Waals surface area contributed by atoms with Crippen LogP contribution in [0, 0.1) is 21.4 Å². The molecule has 0 radical (unpaired) electrons. The number of aromatic nitrogens is 2. The molecule has 0 aliphatic heterocycles. The van der Waals surface area contributed by atoms with Crippen LogP contribution in [0.3, 0.4) is 0 Å². The molecule has 112 valence electrons. The first-order valence-corrected chi connectivity index (χ1v) is 7.65. The number of nitrogen functional groups attached to an aromatic ring is 1. The molecule has 2 rings (SSSR count). The maximum absolute atomic E-state index is 11.6. The minimum Gasteiger partial charge on any atom is -0.382 e. The normalized spacial score (nSPS) is 10.9. The summed E-state index contributed by atoms with van der Waals surface area (Å²) < 4.78 is 23.1. The van der Waals surface area contributed by atoms with Gasteiger partial charge in [0.05, 0.1) is 10.6 Å². The minimum atomic E-state index is -3.75. The van der Waals surface area contributed by atoms with E-state index in [1.54, 1.807) is 6.07 Å². The molecule has 0 aliphatic carbocycles. The summed E-state index contributed by atoms with van der Waals surface area (Å²) in [6.45, 7) is 0. The van der Waals surface area contributed by atoms with Crippen molar-refractivity contribution in [3.05, 3.63) is 39.9 Å². The van der Waals surface area contributed by atoms with E-state index in [9.17, 15) is 18.5 Å². The molecule has 0 saturated heterocycles. The van der Waals surface area contributed by atoms with Crippen LogP contribution in [-0.2, 0) is 9.84 Å². The highest BCUT2D eigenvalue weighted by atomic mass is 32.2. The smallest absolute Gasteiger partial charge is 0.270 e. The Morgan fingerprint density at radius 1 is 1.36 bits per heavy atom. The Morgan fingerprint density at radius 2 is 2.05 bits per heavy atom. The van der Waals surface area contributed by atoms with Crippen molar-refractivity contribution in [3.8, 4) is 17.3 Å². The van der Waals surface area contributed by atoms with E-state index >= 15 is 0 Å². The number of nitro benzene ring substituents is 1. The maximum Gasteiger partial charge on any atom is 0.270 e. The van der Waals surface area contributed by atoms with Gasteiger partial charge in [-0.3, -0.25) is 10.1 Å². The predicted octanol–water partition coefficient (Wildman–Crippen LogP) is 0.909. The number of nitro groups is 1. The lowest BCUT2D eigenvalue weighted by Gasteiger charge is -2.07. The van der Waals surface area contributed by atoms with E-state index < -0.39 is 19.9 Å². The van der Waals surface area contributed by atoms with Crippen molar-refractivity contribution in [1.29, 1.82) is 5.26 Å². The lowest BCUT2D eigenvalue weighted by atomic mass is 10.1. The minimum absolute atomic E-state index is 0.0703.